The molecule has 0 aromatic carbocycles. The standard InChI is InChI=1S/C17H29N3/c1-3-13-5-8-15(9-6-13)17(20-18)11-16-10-7-14(4-2)12-19-16/h7,10,12-13,15,17,20H,3-6,8-9,11,18H2,1-2H3. The first kappa shape index (κ1) is 15.5. The first-order valence-electron chi connectivity index (χ1n) is 8.16. The van der Waals surface area contributed by atoms with Crippen LogP contribution in [0.2, 0.25) is 0 Å². The van der Waals surface area contributed by atoms with Crippen LogP contribution in [0.3, 0.4) is 0 Å². The van der Waals surface area contributed by atoms with Crippen LogP contribution in [0.4, 0.5) is 0 Å². The summed E-state index contributed by atoms with van der Waals surface area (Å²) < 4.78 is 0. The number of aromatic nitrogens is 1. The van der Waals surface area contributed by atoms with Crippen molar-refractivity contribution in [2.75, 3.05) is 0 Å². The summed E-state index contributed by atoms with van der Waals surface area (Å²) in [7, 11) is 0. The summed E-state index contributed by atoms with van der Waals surface area (Å²) >= 11 is 0. The minimum absolute atomic E-state index is 0.368. The molecule has 0 radical (unpaired) electrons. The van der Waals surface area contributed by atoms with Gasteiger partial charge >= 0.3 is 0 Å². The molecule has 1 aliphatic carbocycles. The Balaban J connectivity index is 1.91. The second-order valence-corrected chi connectivity index (χ2v) is 6.18. The van der Waals surface area contributed by atoms with Gasteiger partial charge < -0.3 is 0 Å². The Labute approximate surface area is 123 Å². The van der Waals surface area contributed by atoms with Gasteiger partial charge in [0.1, 0.15) is 0 Å². The van der Waals surface area contributed by atoms with Crippen molar-refractivity contribution in [2.45, 2.75) is 64.8 Å². The second kappa shape index (κ2) is 7.75. The van der Waals surface area contributed by atoms with Gasteiger partial charge in [0.05, 0.1) is 0 Å². The van der Waals surface area contributed by atoms with E-state index >= 15 is 0 Å². The van der Waals surface area contributed by atoms with E-state index in [4.69, 9.17) is 5.84 Å². The lowest BCUT2D eigenvalue weighted by molar-refractivity contribution is 0.216. The molecule has 3 heteroatoms. The van der Waals surface area contributed by atoms with Gasteiger partial charge in [0.2, 0.25) is 0 Å². The minimum Gasteiger partial charge on any atom is -0.271 e. The van der Waals surface area contributed by atoms with Crippen molar-refractivity contribution >= 4 is 0 Å². The van der Waals surface area contributed by atoms with E-state index < -0.39 is 0 Å². The largest absolute Gasteiger partial charge is 0.271 e. The fourth-order valence-electron chi connectivity index (χ4n) is 3.37. The number of nitrogens with zero attached hydrogens (tertiary/aromatic N) is 1. The average Bonchev–Trinajstić information content (AvgIpc) is 2.53. The predicted octanol–water partition coefficient (Wildman–Crippen LogP) is 3.23. The molecule has 3 nitrogen and oxygen atoms in total. The summed E-state index contributed by atoms with van der Waals surface area (Å²) in [5.41, 5.74) is 5.50. The monoisotopic (exact) mass is 275 g/mol. The highest BCUT2D eigenvalue weighted by atomic mass is 15.2. The molecule has 0 bridgehead atoms. The molecule has 0 spiro atoms. The number of nitrogens with two attached hydrogens (primary N) is 1. The number of hydrogen-bond donors (Lipinski definition) is 2. The third-order valence-corrected chi connectivity index (χ3v) is 4.98. The van der Waals surface area contributed by atoms with Crippen molar-refractivity contribution in [3.05, 3.63) is 29.6 Å². The summed E-state index contributed by atoms with van der Waals surface area (Å²) in [5, 5.41) is 0. The van der Waals surface area contributed by atoms with Gasteiger partial charge in [-0.1, -0.05) is 39.2 Å². The first-order valence-corrected chi connectivity index (χ1v) is 8.16. The van der Waals surface area contributed by atoms with E-state index in [0.29, 0.717) is 12.0 Å². The second-order valence-electron chi connectivity index (χ2n) is 6.18. The van der Waals surface area contributed by atoms with Crippen molar-refractivity contribution in [1.82, 2.24) is 10.4 Å². The van der Waals surface area contributed by atoms with Crippen LogP contribution in [0.5, 0.6) is 0 Å². The number of rotatable bonds is 6. The molecular formula is C17H29N3. The SMILES string of the molecule is CCc1ccc(CC(NN)C2CCC(CC)CC2)nc1. The topological polar surface area (TPSA) is 50.9 Å². The molecule has 1 atom stereocenters. The van der Waals surface area contributed by atoms with Crippen molar-refractivity contribution < 1.29 is 0 Å². The van der Waals surface area contributed by atoms with Gasteiger partial charge in [-0.3, -0.25) is 16.3 Å². The number of hydrazine groups is 1. The number of hydrogen-bond acceptors (Lipinski definition) is 3. The van der Waals surface area contributed by atoms with Gasteiger partial charge in [-0.05, 0) is 42.7 Å². The van der Waals surface area contributed by atoms with E-state index in [1.807, 2.05) is 6.20 Å². The third-order valence-electron chi connectivity index (χ3n) is 4.98. The Bertz CT molecular complexity index is 380. The fourth-order valence-corrected chi connectivity index (χ4v) is 3.37. The van der Waals surface area contributed by atoms with Gasteiger partial charge in [-0.25, -0.2) is 0 Å². The minimum atomic E-state index is 0.368. The summed E-state index contributed by atoms with van der Waals surface area (Å²) in [5.74, 6) is 7.44. The van der Waals surface area contributed by atoms with E-state index in [1.165, 1.54) is 37.7 Å². The maximum absolute atomic E-state index is 5.80. The molecule has 0 amide bonds. The Morgan fingerprint density at radius 1 is 1.25 bits per heavy atom. The maximum atomic E-state index is 5.80. The zero-order valence-electron chi connectivity index (χ0n) is 12.9. The Kier molecular flexibility index (Phi) is 5.99. The van der Waals surface area contributed by atoms with E-state index in [-0.39, 0.29) is 0 Å². The van der Waals surface area contributed by atoms with Gasteiger partial charge in [0.25, 0.3) is 0 Å². The van der Waals surface area contributed by atoms with E-state index in [1.54, 1.807) is 0 Å². The van der Waals surface area contributed by atoms with Crippen LogP contribution in [0.1, 0.15) is 57.2 Å². The van der Waals surface area contributed by atoms with Gasteiger partial charge in [-0.2, -0.15) is 0 Å². The lowest BCUT2D eigenvalue weighted by Crippen LogP contribution is -2.43. The molecule has 1 aliphatic rings. The fraction of sp³-hybridized carbons (Fsp3) is 0.706. The number of aryl methyl sites for hydroxylation is 1. The van der Waals surface area contributed by atoms with Gasteiger partial charge in [-0.15, -0.1) is 0 Å². The summed E-state index contributed by atoms with van der Waals surface area (Å²) in [6.45, 7) is 4.47. The first-order chi connectivity index (χ1) is 9.76. The Hall–Kier alpha value is -0.930. The predicted molar refractivity (Wildman–Crippen MR) is 84.2 cm³/mol. The van der Waals surface area contributed by atoms with Crippen LogP contribution >= 0.6 is 0 Å². The van der Waals surface area contributed by atoms with Crippen LogP contribution in [-0.2, 0) is 12.8 Å². The Morgan fingerprint density at radius 3 is 2.50 bits per heavy atom. The molecule has 3 N–H and O–H groups in total. The molecular weight excluding hydrogens is 246 g/mol. The molecule has 0 saturated heterocycles. The zero-order valence-corrected chi connectivity index (χ0v) is 12.9. The van der Waals surface area contributed by atoms with Crippen LogP contribution in [0.15, 0.2) is 18.3 Å². The highest BCUT2D eigenvalue weighted by Gasteiger charge is 2.26. The van der Waals surface area contributed by atoms with Crippen molar-refractivity contribution in [2.24, 2.45) is 17.7 Å². The zero-order chi connectivity index (χ0) is 14.4. The van der Waals surface area contributed by atoms with Crippen LogP contribution < -0.4 is 11.3 Å². The van der Waals surface area contributed by atoms with Gasteiger partial charge in [0.15, 0.2) is 0 Å². The summed E-state index contributed by atoms with van der Waals surface area (Å²) in [6.07, 6.45) is 10.7. The van der Waals surface area contributed by atoms with Crippen molar-refractivity contribution in [1.29, 1.82) is 0 Å². The highest BCUT2D eigenvalue weighted by Crippen LogP contribution is 2.33. The molecule has 1 aromatic rings. The van der Waals surface area contributed by atoms with Crippen molar-refractivity contribution in [3.8, 4) is 0 Å². The summed E-state index contributed by atoms with van der Waals surface area (Å²) in [4.78, 5) is 4.57. The highest BCUT2D eigenvalue weighted by molar-refractivity contribution is 5.14. The molecule has 112 valence electrons. The quantitative estimate of drug-likeness (QED) is 0.619. The molecule has 1 saturated carbocycles. The number of pyridine rings is 1. The molecule has 1 fully saturated rings. The van der Waals surface area contributed by atoms with E-state index in [0.717, 1.165) is 24.5 Å². The lowest BCUT2D eigenvalue weighted by Gasteiger charge is -2.33. The van der Waals surface area contributed by atoms with Crippen molar-refractivity contribution in [3.63, 3.8) is 0 Å². The average molecular weight is 275 g/mol. The van der Waals surface area contributed by atoms with Crippen LogP contribution in [0, 0.1) is 11.8 Å². The van der Waals surface area contributed by atoms with Gasteiger partial charge in [0, 0.05) is 24.4 Å². The number of nitrogens with one attached hydrogen (secondary N) is 1. The normalized spacial score (nSPS) is 24.6. The lowest BCUT2D eigenvalue weighted by atomic mass is 9.77. The molecule has 20 heavy (non-hydrogen) atoms. The molecule has 2 rings (SSSR count). The third kappa shape index (κ3) is 4.03. The smallest absolute Gasteiger partial charge is 0.0419 e. The summed E-state index contributed by atoms with van der Waals surface area (Å²) in [6, 6.07) is 4.71. The maximum Gasteiger partial charge on any atom is 0.0419 e. The van der Waals surface area contributed by atoms with E-state index in [9.17, 15) is 0 Å². The van der Waals surface area contributed by atoms with E-state index in [2.05, 4.69) is 36.4 Å². The Morgan fingerprint density at radius 2 is 2.00 bits per heavy atom. The molecule has 0 aliphatic heterocycles. The van der Waals surface area contributed by atoms with Crippen LogP contribution in [-0.4, -0.2) is 11.0 Å². The molecule has 1 aromatic heterocycles. The van der Waals surface area contributed by atoms with Crippen LogP contribution in [0.25, 0.3) is 0 Å². The molecule has 1 heterocycles. The molecule has 1 unspecified atom stereocenters.